The van der Waals surface area contributed by atoms with E-state index in [1.807, 2.05) is 36.8 Å². The lowest BCUT2D eigenvalue weighted by molar-refractivity contribution is 0.399. The number of nitrogens with zero attached hydrogens (tertiary/aromatic N) is 3. The Hall–Kier alpha value is -1.82. The summed E-state index contributed by atoms with van der Waals surface area (Å²) < 4.78 is 5.34. The lowest BCUT2D eigenvalue weighted by atomic mass is 10.2. The predicted octanol–water partition coefficient (Wildman–Crippen LogP) is 2.79. The van der Waals surface area contributed by atoms with Crippen LogP contribution in [0.25, 0.3) is 0 Å². The van der Waals surface area contributed by atoms with E-state index < -0.39 is 0 Å². The molecular weight excluding hydrogens is 260 g/mol. The maximum atomic E-state index is 5.34. The van der Waals surface area contributed by atoms with Crippen LogP contribution < -0.4 is 15.0 Å². The summed E-state index contributed by atoms with van der Waals surface area (Å²) in [5.74, 6) is 0.600. The average Bonchev–Trinajstić information content (AvgIpc) is 2.92. The van der Waals surface area contributed by atoms with Crippen molar-refractivity contribution in [3.05, 3.63) is 28.8 Å². The Labute approximate surface area is 117 Å². The molecule has 1 unspecified atom stereocenters. The number of pyridine rings is 1. The molecule has 0 saturated carbocycles. The third-order valence-corrected chi connectivity index (χ3v) is 3.77. The van der Waals surface area contributed by atoms with Crippen LogP contribution in [0.5, 0.6) is 5.88 Å². The highest BCUT2D eigenvalue weighted by atomic mass is 32.1. The van der Waals surface area contributed by atoms with Crippen LogP contribution in [-0.2, 0) is 0 Å². The van der Waals surface area contributed by atoms with Gasteiger partial charge in [-0.3, -0.25) is 4.98 Å². The predicted molar refractivity (Wildman–Crippen MR) is 79.3 cm³/mol. The lowest BCUT2D eigenvalue weighted by Crippen LogP contribution is -2.15. The minimum absolute atomic E-state index is 0.157. The molecule has 0 bridgehead atoms. The molecule has 2 rings (SSSR count). The molecule has 0 saturated heterocycles. The van der Waals surface area contributed by atoms with E-state index in [1.54, 1.807) is 24.6 Å². The summed E-state index contributed by atoms with van der Waals surface area (Å²) in [7, 11) is 5.62. The Bertz CT molecular complexity index is 527. The number of hydrogen-bond donors (Lipinski definition) is 1. The Morgan fingerprint density at radius 3 is 2.79 bits per heavy atom. The topological polar surface area (TPSA) is 50.3 Å². The number of nitrogens with one attached hydrogen (secondary N) is 1. The van der Waals surface area contributed by atoms with Crippen LogP contribution >= 0.6 is 11.3 Å². The number of methoxy groups -OCH3 is 1. The van der Waals surface area contributed by atoms with E-state index >= 15 is 0 Å². The van der Waals surface area contributed by atoms with Gasteiger partial charge in [-0.15, -0.1) is 11.3 Å². The summed E-state index contributed by atoms with van der Waals surface area (Å²) in [6, 6.07) is 2.12. The van der Waals surface area contributed by atoms with Gasteiger partial charge in [-0.1, -0.05) is 0 Å². The lowest BCUT2D eigenvalue weighted by Gasteiger charge is -2.22. The number of aromatic nitrogens is 2. The van der Waals surface area contributed by atoms with Crippen LogP contribution in [0.2, 0.25) is 0 Å². The molecule has 0 aromatic carbocycles. The standard InChI is InChI=1S/C13H18N4OS/c1-9(11-7-14-8-19-11)16-12-10(17(2)3)5-6-15-13(12)18-4/h5-9,16H,1-4H3. The normalized spacial score (nSPS) is 12.0. The second-order valence-corrected chi connectivity index (χ2v) is 5.30. The van der Waals surface area contributed by atoms with Gasteiger partial charge in [-0.2, -0.15) is 0 Å². The van der Waals surface area contributed by atoms with Gasteiger partial charge in [-0.05, 0) is 13.0 Å². The number of ether oxygens (including phenoxy) is 1. The molecule has 6 heteroatoms. The van der Waals surface area contributed by atoms with E-state index in [1.165, 1.54) is 4.88 Å². The Kier molecular flexibility index (Phi) is 4.21. The molecule has 0 aliphatic carbocycles. The molecule has 2 aromatic rings. The molecule has 2 heterocycles. The van der Waals surface area contributed by atoms with Gasteiger partial charge in [0.1, 0.15) is 5.69 Å². The van der Waals surface area contributed by atoms with Crippen LogP contribution in [0.4, 0.5) is 11.4 Å². The van der Waals surface area contributed by atoms with Crippen LogP contribution in [0, 0.1) is 0 Å². The first kappa shape index (κ1) is 13.6. The first-order valence-electron chi connectivity index (χ1n) is 5.98. The molecule has 2 aromatic heterocycles. The molecule has 1 N–H and O–H groups in total. The van der Waals surface area contributed by atoms with Gasteiger partial charge in [0.05, 0.1) is 24.3 Å². The van der Waals surface area contributed by atoms with Gasteiger partial charge in [0.25, 0.3) is 0 Å². The van der Waals surface area contributed by atoms with E-state index in [2.05, 4.69) is 22.2 Å². The Morgan fingerprint density at radius 1 is 1.42 bits per heavy atom. The quantitative estimate of drug-likeness (QED) is 0.911. The zero-order chi connectivity index (χ0) is 13.8. The van der Waals surface area contributed by atoms with Crippen molar-refractivity contribution in [1.82, 2.24) is 9.97 Å². The maximum Gasteiger partial charge on any atom is 0.239 e. The van der Waals surface area contributed by atoms with Gasteiger partial charge >= 0.3 is 0 Å². The van der Waals surface area contributed by atoms with Gasteiger partial charge in [0.15, 0.2) is 0 Å². The van der Waals surface area contributed by atoms with Crippen molar-refractivity contribution in [2.75, 3.05) is 31.4 Å². The smallest absolute Gasteiger partial charge is 0.239 e. The summed E-state index contributed by atoms with van der Waals surface area (Å²) in [4.78, 5) is 11.6. The molecule has 19 heavy (non-hydrogen) atoms. The third-order valence-electron chi connectivity index (χ3n) is 2.81. The molecule has 0 spiro atoms. The third kappa shape index (κ3) is 2.96. The van der Waals surface area contributed by atoms with Crippen LogP contribution in [0.1, 0.15) is 17.8 Å². The molecular formula is C13H18N4OS. The summed E-state index contributed by atoms with van der Waals surface area (Å²) in [6.07, 6.45) is 3.62. The molecule has 1 atom stereocenters. The Morgan fingerprint density at radius 2 is 2.21 bits per heavy atom. The summed E-state index contributed by atoms with van der Waals surface area (Å²) in [5.41, 5.74) is 3.78. The van der Waals surface area contributed by atoms with Crippen molar-refractivity contribution in [3.63, 3.8) is 0 Å². The highest BCUT2D eigenvalue weighted by Gasteiger charge is 2.16. The zero-order valence-electron chi connectivity index (χ0n) is 11.5. The maximum absolute atomic E-state index is 5.34. The molecule has 5 nitrogen and oxygen atoms in total. The minimum Gasteiger partial charge on any atom is -0.479 e. The monoisotopic (exact) mass is 278 g/mol. The van der Waals surface area contributed by atoms with E-state index in [0.29, 0.717) is 5.88 Å². The van der Waals surface area contributed by atoms with Crippen molar-refractivity contribution in [3.8, 4) is 5.88 Å². The second kappa shape index (κ2) is 5.88. The SMILES string of the molecule is COc1nccc(N(C)C)c1NC(C)c1cncs1. The van der Waals surface area contributed by atoms with Crippen LogP contribution in [0.15, 0.2) is 24.0 Å². The van der Waals surface area contributed by atoms with Gasteiger partial charge in [-0.25, -0.2) is 4.98 Å². The fourth-order valence-corrected chi connectivity index (χ4v) is 2.45. The fraction of sp³-hybridized carbons (Fsp3) is 0.385. The summed E-state index contributed by atoms with van der Waals surface area (Å²) in [6.45, 7) is 2.10. The second-order valence-electron chi connectivity index (χ2n) is 4.38. The van der Waals surface area contributed by atoms with Crippen molar-refractivity contribution in [1.29, 1.82) is 0 Å². The number of rotatable bonds is 5. The first-order chi connectivity index (χ1) is 9.13. The van der Waals surface area contributed by atoms with E-state index in [-0.39, 0.29) is 6.04 Å². The van der Waals surface area contributed by atoms with E-state index in [0.717, 1.165) is 11.4 Å². The summed E-state index contributed by atoms with van der Waals surface area (Å²) >= 11 is 1.63. The van der Waals surface area contributed by atoms with E-state index in [9.17, 15) is 0 Å². The average molecular weight is 278 g/mol. The molecule has 0 aliphatic rings. The van der Waals surface area contributed by atoms with Crippen molar-refractivity contribution in [2.24, 2.45) is 0 Å². The molecule has 102 valence electrons. The summed E-state index contributed by atoms with van der Waals surface area (Å²) in [5, 5.41) is 3.46. The molecule has 0 amide bonds. The molecule has 0 aliphatic heterocycles. The van der Waals surface area contributed by atoms with Crippen LogP contribution in [0.3, 0.4) is 0 Å². The van der Waals surface area contributed by atoms with Gasteiger partial charge < -0.3 is 15.0 Å². The number of anilines is 2. The first-order valence-corrected chi connectivity index (χ1v) is 6.86. The Balaban J connectivity index is 2.32. The number of hydrogen-bond acceptors (Lipinski definition) is 6. The largest absolute Gasteiger partial charge is 0.479 e. The highest BCUT2D eigenvalue weighted by Crippen LogP contribution is 2.35. The van der Waals surface area contributed by atoms with Gasteiger partial charge in [0, 0.05) is 31.4 Å². The van der Waals surface area contributed by atoms with Crippen molar-refractivity contribution >= 4 is 22.7 Å². The van der Waals surface area contributed by atoms with E-state index in [4.69, 9.17) is 4.74 Å². The molecule has 0 fully saturated rings. The minimum atomic E-state index is 0.157. The van der Waals surface area contributed by atoms with Gasteiger partial charge in [0.2, 0.25) is 5.88 Å². The molecule has 0 radical (unpaired) electrons. The zero-order valence-corrected chi connectivity index (χ0v) is 12.4. The van der Waals surface area contributed by atoms with Crippen molar-refractivity contribution < 1.29 is 4.74 Å². The van der Waals surface area contributed by atoms with Crippen LogP contribution in [-0.4, -0.2) is 31.2 Å². The number of thiazole rings is 1. The fourth-order valence-electron chi connectivity index (χ4n) is 1.82. The highest BCUT2D eigenvalue weighted by molar-refractivity contribution is 7.09. The van der Waals surface area contributed by atoms with Crippen molar-refractivity contribution in [2.45, 2.75) is 13.0 Å².